The Morgan fingerprint density at radius 1 is 1.26 bits per heavy atom. The van der Waals surface area contributed by atoms with E-state index in [1.54, 1.807) is 37.3 Å². The summed E-state index contributed by atoms with van der Waals surface area (Å²) >= 11 is 9.21. The predicted octanol–water partition coefficient (Wildman–Crippen LogP) is 5.05. The fraction of sp³-hybridized carbons (Fsp3) is 0.143. The summed E-state index contributed by atoms with van der Waals surface area (Å²) < 4.78 is 20.2. The third kappa shape index (κ3) is 3.26. The molecule has 0 bridgehead atoms. The Bertz CT molecular complexity index is 604. The molecule has 0 aromatic heterocycles. The number of ether oxygens (including phenoxy) is 1. The lowest BCUT2D eigenvalue weighted by molar-refractivity contribution is 0.458. The minimum atomic E-state index is -0.456. The number of hydrogen-bond donors (Lipinski definition) is 1. The van der Waals surface area contributed by atoms with Crippen molar-refractivity contribution in [2.75, 3.05) is 0 Å². The summed E-state index contributed by atoms with van der Waals surface area (Å²) in [4.78, 5) is 0. The fourth-order valence-corrected chi connectivity index (χ4v) is 2.49. The van der Waals surface area contributed by atoms with Crippen molar-refractivity contribution in [3.8, 4) is 11.5 Å². The van der Waals surface area contributed by atoms with Crippen LogP contribution in [0.25, 0.3) is 0 Å². The van der Waals surface area contributed by atoms with Crippen LogP contribution in [-0.4, -0.2) is 0 Å². The van der Waals surface area contributed by atoms with Gasteiger partial charge in [-0.25, -0.2) is 4.39 Å². The average Bonchev–Trinajstić information content (AvgIpc) is 2.32. The lowest BCUT2D eigenvalue weighted by Gasteiger charge is -2.15. The lowest BCUT2D eigenvalue weighted by atomic mass is 10.1. The Hall–Kier alpha value is -1.10. The highest BCUT2D eigenvalue weighted by Gasteiger charge is 2.15. The number of hydrogen-bond acceptors (Lipinski definition) is 2. The van der Waals surface area contributed by atoms with Crippen LogP contribution in [0.5, 0.6) is 11.5 Å². The van der Waals surface area contributed by atoms with E-state index in [1.807, 2.05) is 0 Å². The fourth-order valence-electron chi connectivity index (χ4n) is 1.72. The smallest absolute Gasteiger partial charge is 0.141 e. The van der Waals surface area contributed by atoms with Gasteiger partial charge in [-0.15, -0.1) is 0 Å². The van der Waals surface area contributed by atoms with Crippen molar-refractivity contribution >= 4 is 27.5 Å². The average molecular weight is 345 g/mol. The van der Waals surface area contributed by atoms with Gasteiger partial charge in [0.25, 0.3) is 0 Å². The minimum Gasteiger partial charge on any atom is -0.456 e. The monoisotopic (exact) mass is 343 g/mol. The lowest BCUT2D eigenvalue weighted by Crippen LogP contribution is -2.09. The van der Waals surface area contributed by atoms with Gasteiger partial charge in [0.1, 0.15) is 17.3 Å². The van der Waals surface area contributed by atoms with Gasteiger partial charge >= 0.3 is 0 Å². The van der Waals surface area contributed by atoms with Crippen LogP contribution in [0.2, 0.25) is 5.02 Å². The van der Waals surface area contributed by atoms with E-state index in [9.17, 15) is 4.39 Å². The molecule has 0 heterocycles. The van der Waals surface area contributed by atoms with Crippen LogP contribution < -0.4 is 10.5 Å². The molecule has 0 unspecified atom stereocenters. The quantitative estimate of drug-likeness (QED) is 0.845. The first-order chi connectivity index (χ1) is 8.99. The van der Waals surface area contributed by atoms with Crippen molar-refractivity contribution in [1.29, 1.82) is 0 Å². The molecule has 0 amide bonds. The molecule has 0 aliphatic heterocycles. The van der Waals surface area contributed by atoms with E-state index >= 15 is 0 Å². The second kappa shape index (κ2) is 5.90. The minimum absolute atomic E-state index is 0.351. The van der Waals surface area contributed by atoms with Gasteiger partial charge in [0.05, 0.1) is 4.47 Å². The van der Waals surface area contributed by atoms with Crippen LogP contribution in [0.3, 0.4) is 0 Å². The zero-order valence-corrected chi connectivity index (χ0v) is 12.5. The van der Waals surface area contributed by atoms with Crippen LogP contribution in [0, 0.1) is 5.82 Å². The van der Waals surface area contributed by atoms with Crippen LogP contribution >= 0.6 is 27.5 Å². The molecular weight excluding hydrogens is 333 g/mol. The third-order valence-electron chi connectivity index (χ3n) is 2.58. The number of benzene rings is 2. The van der Waals surface area contributed by atoms with E-state index in [0.29, 0.717) is 26.6 Å². The SMILES string of the molecule is C[C@@H](N)c1c(F)cccc1Oc1ccc(Cl)cc1Br. The molecular formula is C14H12BrClFNO. The second-order valence-corrected chi connectivity index (χ2v) is 5.41. The van der Waals surface area contributed by atoms with Crippen molar-refractivity contribution in [2.24, 2.45) is 5.73 Å². The molecule has 5 heteroatoms. The molecule has 0 aliphatic carbocycles. The maximum Gasteiger partial charge on any atom is 0.141 e. The highest BCUT2D eigenvalue weighted by Crippen LogP contribution is 2.35. The first-order valence-electron chi connectivity index (χ1n) is 5.66. The maximum atomic E-state index is 13.8. The molecule has 0 saturated heterocycles. The van der Waals surface area contributed by atoms with Crippen molar-refractivity contribution in [3.05, 3.63) is 57.3 Å². The van der Waals surface area contributed by atoms with Crippen LogP contribution in [0.15, 0.2) is 40.9 Å². The Morgan fingerprint density at radius 2 is 2.00 bits per heavy atom. The number of rotatable bonds is 3. The summed E-state index contributed by atoms with van der Waals surface area (Å²) in [6.45, 7) is 1.71. The molecule has 100 valence electrons. The topological polar surface area (TPSA) is 35.2 Å². The van der Waals surface area contributed by atoms with E-state index < -0.39 is 6.04 Å². The van der Waals surface area contributed by atoms with Crippen LogP contribution in [-0.2, 0) is 0 Å². The first kappa shape index (κ1) is 14.3. The van der Waals surface area contributed by atoms with Gasteiger partial charge in [-0.2, -0.15) is 0 Å². The summed E-state index contributed by atoms with van der Waals surface area (Å²) in [6, 6.07) is 9.30. The maximum absolute atomic E-state index is 13.8. The Morgan fingerprint density at radius 3 is 2.63 bits per heavy atom. The second-order valence-electron chi connectivity index (χ2n) is 4.12. The molecule has 2 rings (SSSR count). The van der Waals surface area contributed by atoms with E-state index in [4.69, 9.17) is 22.1 Å². The van der Waals surface area contributed by atoms with E-state index in [0.717, 1.165) is 0 Å². The van der Waals surface area contributed by atoms with Gasteiger partial charge in [-0.1, -0.05) is 17.7 Å². The first-order valence-corrected chi connectivity index (χ1v) is 6.83. The van der Waals surface area contributed by atoms with Gasteiger partial charge in [0.2, 0.25) is 0 Å². The Kier molecular flexibility index (Phi) is 4.45. The summed E-state index contributed by atoms with van der Waals surface area (Å²) in [5.41, 5.74) is 6.13. The Labute approximate surface area is 124 Å². The molecule has 0 saturated carbocycles. The molecule has 0 spiro atoms. The summed E-state index contributed by atoms with van der Waals surface area (Å²) in [5, 5.41) is 0.589. The molecule has 2 aromatic rings. The Balaban J connectivity index is 2.41. The predicted molar refractivity (Wildman–Crippen MR) is 78.2 cm³/mol. The number of nitrogens with two attached hydrogens (primary N) is 1. The molecule has 2 N–H and O–H groups in total. The van der Waals surface area contributed by atoms with Gasteiger partial charge in [0.15, 0.2) is 0 Å². The van der Waals surface area contributed by atoms with Crippen molar-refractivity contribution in [2.45, 2.75) is 13.0 Å². The summed E-state index contributed by atoms with van der Waals surface area (Å²) in [7, 11) is 0. The van der Waals surface area contributed by atoms with Crippen molar-refractivity contribution in [1.82, 2.24) is 0 Å². The zero-order valence-electron chi connectivity index (χ0n) is 10.2. The van der Waals surface area contributed by atoms with E-state index in [-0.39, 0.29) is 5.82 Å². The zero-order chi connectivity index (χ0) is 14.0. The molecule has 0 aliphatic rings. The van der Waals surface area contributed by atoms with Gasteiger partial charge in [-0.3, -0.25) is 0 Å². The van der Waals surface area contributed by atoms with Gasteiger partial charge < -0.3 is 10.5 Å². The largest absolute Gasteiger partial charge is 0.456 e. The highest BCUT2D eigenvalue weighted by atomic mass is 79.9. The van der Waals surface area contributed by atoms with Crippen LogP contribution in [0.4, 0.5) is 4.39 Å². The highest BCUT2D eigenvalue weighted by molar-refractivity contribution is 9.10. The normalized spacial score (nSPS) is 12.3. The van der Waals surface area contributed by atoms with Crippen molar-refractivity contribution < 1.29 is 9.13 Å². The summed E-state index contributed by atoms with van der Waals surface area (Å²) in [5.74, 6) is 0.576. The molecule has 2 aromatic carbocycles. The molecule has 1 atom stereocenters. The van der Waals surface area contributed by atoms with E-state index in [1.165, 1.54) is 6.07 Å². The van der Waals surface area contributed by atoms with Gasteiger partial charge in [0, 0.05) is 16.6 Å². The molecule has 2 nitrogen and oxygen atoms in total. The van der Waals surface area contributed by atoms with Gasteiger partial charge in [-0.05, 0) is 53.2 Å². The molecule has 19 heavy (non-hydrogen) atoms. The third-order valence-corrected chi connectivity index (χ3v) is 3.44. The van der Waals surface area contributed by atoms with Crippen molar-refractivity contribution in [3.63, 3.8) is 0 Å². The number of halogens is 3. The van der Waals surface area contributed by atoms with E-state index in [2.05, 4.69) is 15.9 Å². The molecule has 0 radical (unpaired) electrons. The standard InChI is InChI=1S/C14H12BrClFNO/c1-8(18)14-11(17)3-2-4-13(14)19-12-6-5-9(16)7-10(12)15/h2-8H,18H2,1H3/t8-/m1/s1. The molecule has 0 fully saturated rings. The van der Waals surface area contributed by atoms with Crippen LogP contribution in [0.1, 0.15) is 18.5 Å². The summed E-state index contributed by atoms with van der Waals surface area (Å²) in [6.07, 6.45) is 0.